The summed E-state index contributed by atoms with van der Waals surface area (Å²) in [5.74, 6) is 0.805. The van der Waals surface area contributed by atoms with Gasteiger partial charge in [-0.2, -0.15) is 5.10 Å². The van der Waals surface area contributed by atoms with Gasteiger partial charge in [0.1, 0.15) is 5.75 Å². The first-order valence-corrected chi connectivity index (χ1v) is 8.46. The fourth-order valence-electron chi connectivity index (χ4n) is 3.26. The van der Waals surface area contributed by atoms with Crippen LogP contribution in [0.4, 0.5) is 10.5 Å². The zero-order valence-electron chi connectivity index (χ0n) is 14.2. The van der Waals surface area contributed by atoms with Crippen LogP contribution in [0.3, 0.4) is 0 Å². The summed E-state index contributed by atoms with van der Waals surface area (Å²) in [4.78, 5) is 14.7. The molecule has 1 saturated heterocycles. The minimum absolute atomic E-state index is 0.0538. The minimum Gasteiger partial charge on any atom is -0.496 e. The Labute approximate surface area is 142 Å². The van der Waals surface area contributed by atoms with Crippen LogP contribution >= 0.6 is 0 Å². The Kier molecular flexibility index (Phi) is 5.03. The summed E-state index contributed by atoms with van der Waals surface area (Å²) in [6, 6.07) is 7.71. The van der Waals surface area contributed by atoms with Crippen molar-refractivity contribution in [3.8, 4) is 5.75 Å². The summed E-state index contributed by atoms with van der Waals surface area (Å²) < 4.78 is 5.41. The Morgan fingerprint density at radius 1 is 1.42 bits per heavy atom. The number of hydrogen-bond donors (Lipinski definition) is 2. The molecule has 1 fully saturated rings. The van der Waals surface area contributed by atoms with Crippen LogP contribution in [0, 0.1) is 0 Å². The third-order valence-corrected chi connectivity index (χ3v) is 4.56. The number of piperidine rings is 1. The van der Waals surface area contributed by atoms with Gasteiger partial charge >= 0.3 is 6.03 Å². The van der Waals surface area contributed by atoms with E-state index in [1.165, 1.54) is 0 Å². The summed E-state index contributed by atoms with van der Waals surface area (Å²) >= 11 is 0. The Balaban J connectivity index is 1.75. The van der Waals surface area contributed by atoms with Crippen molar-refractivity contribution < 1.29 is 9.53 Å². The molecule has 0 radical (unpaired) electrons. The van der Waals surface area contributed by atoms with Gasteiger partial charge in [-0.15, -0.1) is 0 Å². The van der Waals surface area contributed by atoms with Gasteiger partial charge in [-0.25, -0.2) is 4.79 Å². The molecule has 0 bridgehead atoms. The number of H-pyrrole nitrogens is 1. The largest absolute Gasteiger partial charge is 0.496 e. The summed E-state index contributed by atoms with van der Waals surface area (Å²) in [6.07, 6.45) is 5.72. The van der Waals surface area contributed by atoms with Gasteiger partial charge in [-0.05, 0) is 43.4 Å². The van der Waals surface area contributed by atoms with Crippen LogP contribution in [0.2, 0.25) is 0 Å². The topological polar surface area (TPSA) is 70.2 Å². The highest BCUT2D eigenvalue weighted by atomic mass is 16.5. The number of anilines is 1. The number of methoxy groups -OCH3 is 1. The van der Waals surface area contributed by atoms with Gasteiger partial charge in [0, 0.05) is 24.5 Å². The summed E-state index contributed by atoms with van der Waals surface area (Å²) in [7, 11) is 1.65. The SMILES string of the molecule is CCc1ccc(NC(=O)N2CCCCC2c2ccn[nH]2)cc1OC. The lowest BCUT2D eigenvalue weighted by Gasteiger charge is -2.35. The van der Waals surface area contributed by atoms with Crippen LogP contribution in [0.5, 0.6) is 5.75 Å². The van der Waals surface area contributed by atoms with E-state index in [2.05, 4.69) is 22.4 Å². The second kappa shape index (κ2) is 7.38. The maximum atomic E-state index is 12.8. The second-order valence-electron chi connectivity index (χ2n) is 6.03. The van der Waals surface area contributed by atoms with Gasteiger partial charge in [0.15, 0.2) is 0 Å². The van der Waals surface area contributed by atoms with Gasteiger partial charge in [-0.3, -0.25) is 5.10 Å². The molecule has 2 heterocycles. The molecule has 6 heteroatoms. The monoisotopic (exact) mass is 328 g/mol. The van der Waals surface area contributed by atoms with Crippen LogP contribution in [-0.2, 0) is 6.42 Å². The van der Waals surface area contributed by atoms with E-state index in [0.29, 0.717) is 0 Å². The number of hydrogen-bond acceptors (Lipinski definition) is 3. The lowest BCUT2D eigenvalue weighted by molar-refractivity contribution is 0.161. The smallest absolute Gasteiger partial charge is 0.322 e. The van der Waals surface area contributed by atoms with E-state index in [4.69, 9.17) is 4.74 Å². The number of amides is 2. The number of benzene rings is 1. The number of ether oxygens (including phenoxy) is 1. The minimum atomic E-state index is -0.0828. The van der Waals surface area contributed by atoms with Crippen LogP contribution in [-0.4, -0.2) is 34.8 Å². The zero-order chi connectivity index (χ0) is 16.9. The maximum Gasteiger partial charge on any atom is 0.322 e. The standard InChI is InChI=1S/C18H24N4O2/c1-3-13-7-8-14(12-17(13)24-2)20-18(23)22-11-5-4-6-16(22)15-9-10-19-21-15/h7-10,12,16H,3-6,11H2,1-2H3,(H,19,21)(H,20,23). The van der Waals surface area contributed by atoms with Crippen molar-refractivity contribution in [3.63, 3.8) is 0 Å². The molecular formula is C18H24N4O2. The number of nitrogens with zero attached hydrogens (tertiary/aromatic N) is 2. The maximum absolute atomic E-state index is 12.8. The molecule has 2 N–H and O–H groups in total. The first-order valence-electron chi connectivity index (χ1n) is 8.46. The Bertz CT molecular complexity index is 684. The normalized spacial score (nSPS) is 17.6. The van der Waals surface area contributed by atoms with Gasteiger partial charge < -0.3 is 15.0 Å². The van der Waals surface area contributed by atoms with E-state index < -0.39 is 0 Å². The number of carbonyl (C=O) groups is 1. The predicted octanol–water partition coefficient (Wildman–Crippen LogP) is 3.74. The van der Waals surface area contributed by atoms with Crippen molar-refractivity contribution in [3.05, 3.63) is 41.7 Å². The van der Waals surface area contributed by atoms with Crippen molar-refractivity contribution in [2.75, 3.05) is 19.0 Å². The highest BCUT2D eigenvalue weighted by molar-refractivity contribution is 5.90. The number of carbonyl (C=O) groups excluding carboxylic acids is 1. The van der Waals surface area contributed by atoms with E-state index in [0.717, 1.165) is 54.9 Å². The molecule has 2 amide bonds. The first kappa shape index (κ1) is 16.4. The van der Waals surface area contributed by atoms with Crippen molar-refractivity contribution in [1.82, 2.24) is 15.1 Å². The third-order valence-electron chi connectivity index (χ3n) is 4.56. The number of likely N-dealkylation sites (tertiary alicyclic amines) is 1. The zero-order valence-corrected chi connectivity index (χ0v) is 14.2. The lowest BCUT2D eigenvalue weighted by atomic mass is 10.00. The highest BCUT2D eigenvalue weighted by Crippen LogP contribution is 2.30. The molecule has 1 atom stereocenters. The molecule has 24 heavy (non-hydrogen) atoms. The molecule has 6 nitrogen and oxygen atoms in total. The van der Waals surface area contributed by atoms with Crippen LogP contribution in [0.15, 0.2) is 30.5 Å². The average Bonchev–Trinajstić information content (AvgIpc) is 3.16. The molecule has 1 unspecified atom stereocenters. The Morgan fingerprint density at radius 2 is 2.29 bits per heavy atom. The van der Waals surface area contributed by atoms with Gasteiger partial charge in [0.2, 0.25) is 0 Å². The quantitative estimate of drug-likeness (QED) is 0.898. The second-order valence-corrected chi connectivity index (χ2v) is 6.03. The number of nitrogens with one attached hydrogen (secondary N) is 2. The van der Waals surface area contributed by atoms with Crippen LogP contribution in [0.1, 0.15) is 43.5 Å². The molecule has 3 rings (SSSR count). The molecule has 1 aromatic heterocycles. The molecule has 128 valence electrons. The lowest BCUT2D eigenvalue weighted by Crippen LogP contribution is -2.41. The fraction of sp³-hybridized carbons (Fsp3) is 0.444. The molecule has 1 aromatic carbocycles. The first-order chi connectivity index (χ1) is 11.7. The van der Waals surface area contributed by atoms with Gasteiger partial charge in [-0.1, -0.05) is 13.0 Å². The van der Waals surface area contributed by atoms with Gasteiger partial charge in [0.25, 0.3) is 0 Å². The van der Waals surface area contributed by atoms with E-state index >= 15 is 0 Å². The molecule has 0 saturated carbocycles. The molecule has 1 aliphatic heterocycles. The fourth-order valence-corrected chi connectivity index (χ4v) is 3.26. The number of aryl methyl sites for hydroxylation is 1. The summed E-state index contributed by atoms with van der Waals surface area (Å²) in [5.41, 5.74) is 2.87. The van der Waals surface area contributed by atoms with Crippen molar-refractivity contribution in [1.29, 1.82) is 0 Å². The van der Waals surface area contributed by atoms with Crippen molar-refractivity contribution >= 4 is 11.7 Å². The molecule has 2 aromatic rings. The molecule has 0 spiro atoms. The molecular weight excluding hydrogens is 304 g/mol. The Morgan fingerprint density at radius 3 is 3.00 bits per heavy atom. The molecule has 0 aliphatic carbocycles. The predicted molar refractivity (Wildman–Crippen MR) is 93.3 cm³/mol. The van der Waals surface area contributed by atoms with E-state index in [-0.39, 0.29) is 12.1 Å². The molecule has 1 aliphatic rings. The summed E-state index contributed by atoms with van der Waals surface area (Å²) in [6.45, 7) is 2.83. The number of aromatic amines is 1. The number of aromatic nitrogens is 2. The van der Waals surface area contributed by atoms with Crippen LogP contribution in [0.25, 0.3) is 0 Å². The van der Waals surface area contributed by atoms with E-state index in [1.807, 2.05) is 29.2 Å². The van der Waals surface area contributed by atoms with E-state index in [1.54, 1.807) is 13.3 Å². The van der Waals surface area contributed by atoms with Gasteiger partial charge in [0.05, 0.1) is 18.8 Å². The highest BCUT2D eigenvalue weighted by Gasteiger charge is 2.29. The van der Waals surface area contributed by atoms with Crippen LogP contribution < -0.4 is 10.1 Å². The number of rotatable bonds is 4. The van der Waals surface area contributed by atoms with Crippen molar-refractivity contribution in [2.45, 2.75) is 38.6 Å². The van der Waals surface area contributed by atoms with Crippen molar-refractivity contribution in [2.24, 2.45) is 0 Å². The van der Waals surface area contributed by atoms with E-state index in [9.17, 15) is 4.79 Å². The Hall–Kier alpha value is -2.50. The third kappa shape index (κ3) is 3.37. The average molecular weight is 328 g/mol. The number of urea groups is 1. The summed E-state index contributed by atoms with van der Waals surface area (Å²) in [5, 5.41) is 10.0.